The zero-order valence-electron chi connectivity index (χ0n) is 11.9. The van der Waals surface area contributed by atoms with E-state index in [9.17, 15) is 25.2 Å². The van der Waals surface area contributed by atoms with Gasteiger partial charge in [0, 0.05) is 17.1 Å². The second-order valence-corrected chi connectivity index (χ2v) is 7.00. The van der Waals surface area contributed by atoms with E-state index in [1.165, 1.54) is 6.20 Å². The van der Waals surface area contributed by atoms with Gasteiger partial charge in [-0.3, -0.25) is 0 Å². The highest BCUT2D eigenvalue weighted by Gasteiger charge is 2.68. The maximum Gasteiger partial charge on any atom is 0.352 e. The zero-order valence-corrected chi connectivity index (χ0v) is 14.2. The molecule has 0 bridgehead atoms. The summed E-state index contributed by atoms with van der Waals surface area (Å²) in [5.41, 5.74) is 0.719. The Kier molecular flexibility index (Phi) is 4.27. The zero-order chi connectivity index (χ0) is 17.7. The molecule has 0 aliphatic carbocycles. The van der Waals surface area contributed by atoms with Crippen LogP contribution in [0.4, 0.5) is 0 Å². The van der Waals surface area contributed by atoms with E-state index in [2.05, 4.69) is 20.9 Å². The van der Waals surface area contributed by atoms with Crippen molar-refractivity contribution in [2.24, 2.45) is 0 Å². The van der Waals surface area contributed by atoms with Gasteiger partial charge in [0.1, 0.15) is 11.9 Å². The van der Waals surface area contributed by atoms with Crippen LogP contribution in [-0.2, 0) is 9.53 Å². The fraction of sp³-hybridized carbons (Fsp3) is 0.357. The SMILES string of the molecule is O=C(O)[C@@]1(Br)O[C@@H](O)[C@H](O)[C@@H](Oc2c[nH]c3ccccc23)[C@@]1(O)Cl. The third-order valence-electron chi connectivity index (χ3n) is 3.79. The summed E-state index contributed by atoms with van der Waals surface area (Å²) in [6.07, 6.45) is -4.00. The van der Waals surface area contributed by atoms with Crippen molar-refractivity contribution in [3.63, 3.8) is 0 Å². The number of fused-ring (bicyclic) bond motifs is 1. The van der Waals surface area contributed by atoms with Gasteiger partial charge in [0.05, 0.1) is 0 Å². The molecule has 3 rings (SSSR count). The van der Waals surface area contributed by atoms with Crippen LogP contribution in [0.2, 0.25) is 0 Å². The van der Waals surface area contributed by atoms with Gasteiger partial charge in [-0.1, -0.05) is 23.7 Å². The average molecular weight is 423 g/mol. The highest BCUT2D eigenvalue weighted by Crippen LogP contribution is 2.47. The molecule has 130 valence electrons. The lowest BCUT2D eigenvalue weighted by molar-refractivity contribution is -0.294. The highest BCUT2D eigenvalue weighted by molar-refractivity contribution is 9.10. The molecule has 0 spiro atoms. The molecule has 1 aliphatic heterocycles. The van der Waals surface area contributed by atoms with Crippen molar-refractivity contribution in [1.82, 2.24) is 4.98 Å². The molecule has 8 nitrogen and oxygen atoms in total. The van der Waals surface area contributed by atoms with E-state index in [1.54, 1.807) is 24.3 Å². The average Bonchev–Trinajstić information content (AvgIpc) is 2.93. The van der Waals surface area contributed by atoms with Gasteiger partial charge >= 0.3 is 5.97 Å². The fourth-order valence-corrected chi connectivity index (χ4v) is 3.22. The molecule has 1 aromatic carbocycles. The van der Waals surface area contributed by atoms with Gasteiger partial charge in [0.2, 0.25) is 5.06 Å². The Hall–Kier alpha value is -1.36. The van der Waals surface area contributed by atoms with E-state index in [4.69, 9.17) is 21.1 Å². The van der Waals surface area contributed by atoms with Crippen LogP contribution in [0.15, 0.2) is 30.5 Å². The Balaban J connectivity index is 2.02. The number of carboxylic acids is 1. The van der Waals surface area contributed by atoms with Crippen LogP contribution >= 0.6 is 27.5 Å². The number of hydrogen-bond acceptors (Lipinski definition) is 6. The molecule has 2 heterocycles. The van der Waals surface area contributed by atoms with E-state index in [1.807, 2.05) is 0 Å². The third-order valence-corrected chi connectivity index (χ3v) is 5.63. The minimum absolute atomic E-state index is 0.211. The molecule has 5 N–H and O–H groups in total. The Morgan fingerprint density at radius 3 is 2.71 bits per heavy atom. The lowest BCUT2D eigenvalue weighted by Gasteiger charge is -2.47. The summed E-state index contributed by atoms with van der Waals surface area (Å²) < 4.78 is 7.72. The maximum atomic E-state index is 11.4. The topological polar surface area (TPSA) is 132 Å². The summed E-state index contributed by atoms with van der Waals surface area (Å²) in [4.78, 5) is 14.4. The van der Waals surface area contributed by atoms with E-state index >= 15 is 0 Å². The minimum Gasteiger partial charge on any atom is -0.481 e. The molecule has 1 aliphatic rings. The van der Waals surface area contributed by atoms with Gasteiger partial charge < -0.3 is 34.9 Å². The standard InChI is InChI=1S/C14H13BrClNO7/c15-13(12(20)21)14(16,22)10(9(18)11(19)24-13)23-8-5-17-7-4-2-1-3-6(7)8/h1-5,9-11,17-19,22H,(H,20,21)/t9-,10-,11-,13-,14+/m1/s1. The van der Waals surface area contributed by atoms with Gasteiger partial charge in [-0.2, -0.15) is 0 Å². The quantitative estimate of drug-likeness (QED) is 0.461. The molecule has 0 saturated carbocycles. The first-order chi connectivity index (χ1) is 11.2. The van der Waals surface area contributed by atoms with Crippen molar-refractivity contribution in [2.45, 2.75) is 28.1 Å². The van der Waals surface area contributed by atoms with E-state index in [0.717, 1.165) is 5.52 Å². The van der Waals surface area contributed by atoms with Gasteiger partial charge in [-0.15, -0.1) is 0 Å². The molecule has 0 amide bonds. The van der Waals surface area contributed by atoms with Crippen molar-refractivity contribution >= 4 is 44.4 Å². The summed E-state index contributed by atoms with van der Waals surface area (Å²) >= 11 is 8.65. The molecule has 24 heavy (non-hydrogen) atoms. The van der Waals surface area contributed by atoms with Crippen LogP contribution in [0, 0.1) is 0 Å². The number of halogens is 2. The van der Waals surface area contributed by atoms with Gasteiger partial charge in [0.15, 0.2) is 12.4 Å². The van der Waals surface area contributed by atoms with Crippen LogP contribution in [-0.4, -0.2) is 59.4 Å². The third kappa shape index (κ3) is 2.48. The smallest absolute Gasteiger partial charge is 0.352 e. The van der Waals surface area contributed by atoms with Gasteiger partial charge in [-0.25, -0.2) is 4.79 Å². The number of alkyl halides is 2. The van der Waals surface area contributed by atoms with E-state index in [0.29, 0.717) is 5.39 Å². The maximum absolute atomic E-state index is 11.4. The lowest BCUT2D eigenvalue weighted by Crippen LogP contribution is -2.71. The molecule has 10 heteroatoms. The van der Waals surface area contributed by atoms with Gasteiger partial charge in [0.25, 0.3) is 4.51 Å². The van der Waals surface area contributed by atoms with Crippen molar-refractivity contribution < 1.29 is 34.7 Å². The predicted molar refractivity (Wildman–Crippen MR) is 85.9 cm³/mol. The van der Waals surface area contributed by atoms with Crippen molar-refractivity contribution in [2.75, 3.05) is 0 Å². The molecule has 0 unspecified atom stereocenters. The number of benzene rings is 1. The highest BCUT2D eigenvalue weighted by atomic mass is 79.9. The summed E-state index contributed by atoms with van der Waals surface area (Å²) in [7, 11) is 0. The summed E-state index contributed by atoms with van der Waals surface area (Å²) in [5.74, 6) is -1.48. The number of nitrogens with one attached hydrogen (secondary N) is 1. The number of aliphatic hydroxyl groups excluding tert-OH is 2. The van der Waals surface area contributed by atoms with E-state index < -0.39 is 34.0 Å². The largest absolute Gasteiger partial charge is 0.481 e. The number of para-hydroxylation sites is 1. The Labute approximate surface area is 148 Å². The lowest BCUT2D eigenvalue weighted by atomic mass is 9.97. The number of ether oxygens (including phenoxy) is 2. The number of aliphatic hydroxyl groups is 3. The summed E-state index contributed by atoms with van der Waals surface area (Å²) in [5, 5.41) is 37.5. The first kappa shape index (κ1) is 17.5. The van der Waals surface area contributed by atoms with Crippen LogP contribution in [0.5, 0.6) is 5.75 Å². The van der Waals surface area contributed by atoms with Crippen LogP contribution in [0.3, 0.4) is 0 Å². The first-order valence-corrected chi connectivity index (χ1v) is 7.96. The van der Waals surface area contributed by atoms with E-state index in [-0.39, 0.29) is 5.75 Å². The Morgan fingerprint density at radius 1 is 1.38 bits per heavy atom. The van der Waals surface area contributed by atoms with Crippen molar-refractivity contribution in [1.29, 1.82) is 0 Å². The number of aromatic amines is 1. The number of hydrogen-bond donors (Lipinski definition) is 5. The summed E-state index contributed by atoms with van der Waals surface area (Å²) in [6.45, 7) is 0. The monoisotopic (exact) mass is 421 g/mol. The predicted octanol–water partition coefficient (Wildman–Crippen LogP) is 0.728. The fourth-order valence-electron chi connectivity index (χ4n) is 2.50. The second kappa shape index (κ2) is 5.87. The molecule has 0 radical (unpaired) electrons. The number of aromatic nitrogens is 1. The number of H-pyrrole nitrogens is 1. The molecular weight excluding hydrogens is 410 g/mol. The molecule has 2 aromatic rings. The Morgan fingerprint density at radius 2 is 2.04 bits per heavy atom. The van der Waals surface area contributed by atoms with Gasteiger partial charge in [-0.05, 0) is 28.1 Å². The molecule has 5 atom stereocenters. The van der Waals surface area contributed by atoms with Crippen LogP contribution in [0.1, 0.15) is 0 Å². The van der Waals surface area contributed by atoms with Crippen molar-refractivity contribution in [3.8, 4) is 5.75 Å². The Bertz CT molecular complexity index is 781. The summed E-state index contributed by atoms with van der Waals surface area (Å²) in [6, 6.07) is 7.03. The van der Waals surface area contributed by atoms with Crippen molar-refractivity contribution in [3.05, 3.63) is 30.5 Å². The molecule has 1 fully saturated rings. The number of aliphatic carboxylic acids is 1. The number of carbonyl (C=O) groups is 1. The molecular formula is C14H13BrClNO7. The molecule has 1 aromatic heterocycles. The second-order valence-electron chi connectivity index (χ2n) is 5.31. The first-order valence-electron chi connectivity index (χ1n) is 6.79. The normalized spacial score (nSPS) is 36.6. The number of carboxylic acid groups (broad SMARTS) is 1. The van der Waals surface area contributed by atoms with Crippen LogP contribution < -0.4 is 4.74 Å². The number of rotatable bonds is 3. The molecule has 1 saturated heterocycles. The van der Waals surface area contributed by atoms with Crippen LogP contribution in [0.25, 0.3) is 10.9 Å². The minimum atomic E-state index is -2.73.